The third kappa shape index (κ3) is 2.65. The second kappa shape index (κ2) is 4.85. The number of aryl methyl sites for hydroxylation is 1. The van der Waals surface area contributed by atoms with E-state index in [9.17, 15) is 4.79 Å². The van der Waals surface area contributed by atoms with Crippen molar-refractivity contribution in [3.63, 3.8) is 0 Å². The molecule has 6 heteroatoms. The third-order valence-corrected chi connectivity index (χ3v) is 2.99. The molecule has 0 spiro atoms. The predicted molar refractivity (Wildman–Crippen MR) is 62.4 cm³/mol. The first-order valence-electron chi connectivity index (χ1n) is 5.69. The van der Waals surface area contributed by atoms with Gasteiger partial charge in [-0.05, 0) is 6.42 Å². The smallest absolute Gasteiger partial charge is 0.358 e. The molecule has 17 heavy (non-hydrogen) atoms. The number of aromatic nitrogens is 2. The van der Waals surface area contributed by atoms with Crippen molar-refractivity contribution in [3.05, 3.63) is 17.5 Å². The average Bonchev–Trinajstić information content (AvgIpc) is 2.85. The Labute approximate surface area is 100 Å². The summed E-state index contributed by atoms with van der Waals surface area (Å²) in [4.78, 5) is 13.8. The van der Waals surface area contributed by atoms with Gasteiger partial charge in [0.2, 0.25) is 0 Å². The molecule has 1 saturated heterocycles. The number of carbonyl (C=O) groups is 1. The highest BCUT2D eigenvalue weighted by molar-refractivity contribution is 5.88. The average molecular weight is 238 g/mol. The van der Waals surface area contributed by atoms with Gasteiger partial charge in [0, 0.05) is 44.5 Å². The first kappa shape index (κ1) is 12.1. The standard InChI is InChI=1S/C11H18N4O2/c1-14-5-8(10(13-14)11(16)17-2)6-15-4-3-9(12)7-15/h5,9H,3-4,6-7,12H2,1-2H3. The van der Waals surface area contributed by atoms with E-state index in [-0.39, 0.29) is 12.0 Å². The molecule has 2 rings (SSSR count). The summed E-state index contributed by atoms with van der Waals surface area (Å²) in [6, 6.07) is 0.244. The van der Waals surface area contributed by atoms with Crippen molar-refractivity contribution in [2.24, 2.45) is 12.8 Å². The number of ether oxygens (including phenoxy) is 1. The van der Waals surface area contributed by atoms with E-state index in [0.29, 0.717) is 12.2 Å². The quantitative estimate of drug-likeness (QED) is 0.734. The summed E-state index contributed by atoms with van der Waals surface area (Å²) in [5.41, 5.74) is 7.15. The van der Waals surface area contributed by atoms with Gasteiger partial charge >= 0.3 is 5.97 Å². The van der Waals surface area contributed by atoms with Crippen molar-refractivity contribution in [1.82, 2.24) is 14.7 Å². The van der Waals surface area contributed by atoms with Gasteiger partial charge in [-0.1, -0.05) is 0 Å². The number of nitrogens with two attached hydrogens (primary N) is 1. The minimum absolute atomic E-state index is 0.244. The lowest BCUT2D eigenvalue weighted by atomic mass is 10.2. The number of nitrogens with zero attached hydrogens (tertiary/aromatic N) is 3. The number of hydrogen-bond donors (Lipinski definition) is 1. The van der Waals surface area contributed by atoms with Crippen LogP contribution in [0.15, 0.2) is 6.20 Å². The van der Waals surface area contributed by atoms with Crippen LogP contribution in [0.3, 0.4) is 0 Å². The van der Waals surface area contributed by atoms with Crippen LogP contribution in [0.4, 0.5) is 0 Å². The first-order chi connectivity index (χ1) is 8.10. The molecule has 2 heterocycles. The van der Waals surface area contributed by atoms with E-state index in [0.717, 1.165) is 25.1 Å². The Balaban J connectivity index is 2.12. The van der Waals surface area contributed by atoms with Crippen molar-refractivity contribution < 1.29 is 9.53 Å². The molecule has 1 aliphatic rings. The second-order valence-electron chi connectivity index (χ2n) is 4.45. The van der Waals surface area contributed by atoms with Crippen molar-refractivity contribution in [2.45, 2.75) is 19.0 Å². The predicted octanol–water partition coefficient (Wildman–Crippen LogP) is -0.260. The van der Waals surface area contributed by atoms with E-state index in [4.69, 9.17) is 10.5 Å². The molecule has 0 amide bonds. The summed E-state index contributed by atoms with van der Waals surface area (Å²) < 4.78 is 6.35. The molecule has 6 nitrogen and oxygen atoms in total. The molecule has 0 aromatic carbocycles. The lowest BCUT2D eigenvalue weighted by Crippen LogP contribution is -2.26. The lowest BCUT2D eigenvalue weighted by Gasteiger charge is -2.14. The summed E-state index contributed by atoms with van der Waals surface area (Å²) in [6.07, 6.45) is 2.86. The van der Waals surface area contributed by atoms with Gasteiger partial charge in [-0.2, -0.15) is 5.10 Å². The Bertz CT molecular complexity index is 416. The molecule has 2 N–H and O–H groups in total. The molecule has 1 aliphatic heterocycles. The van der Waals surface area contributed by atoms with Crippen LogP contribution < -0.4 is 5.73 Å². The maximum absolute atomic E-state index is 11.5. The molecular formula is C11H18N4O2. The van der Waals surface area contributed by atoms with Gasteiger partial charge in [-0.3, -0.25) is 9.58 Å². The molecular weight excluding hydrogens is 220 g/mol. The van der Waals surface area contributed by atoms with Gasteiger partial charge in [0.1, 0.15) is 0 Å². The number of hydrogen-bond acceptors (Lipinski definition) is 5. The fourth-order valence-electron chi connectivity index (χ4n) is 2.17. The summed E-state index contributed by atoms with van der Waals surface area (Å²) in [7, 11) is 3.16. The molecule has 1 aromatic rings. The van der Waals surface area contributed by atoms with Crippen molar-refractivity contribution in [1.29, 1.82) is 0 Å². The number of methoxy groups -OCH3 is 1. The van der Waals surface area contributed by atoms with Gasteiger partial charge in [0.25, 0.3) is 0 Å². The zero-order chi connectivity index (χ0) is 12.4. The molecule has 94 valence electrons. The van der Waals surface area contributed by atoms with E-state index in [1.807, 2.05) is 6.20 Å². The Morgan fingerprint density at radius 1 is 1.71 bits per heavy atom. The van der Waals surface area contributed by atoms with Gasteiger partial charge in [0.05, 0.1) is 7.11 Å². The highest BCUT2D eigenvalue weighted by Crippen LogP contribution is 2.15. The van der Waals surface area contributed by atoms with E-state index < -0.39 is 0 Å². The van der Waals surface area contributed by atoms with Crippen LogP contribution in [0.5, 0.6) is 0 Å². The molecule has 0 bridgehead atoms. The van der Waals surface area contributed by atoms with Gasteiger partial charge in [-0.25, -0.2) is 4.79 Å². The first-order valence-corrected chi connectivity index (χ1v) is 5.69. The number of rotatable bonds is 3. The fourth-order valence-corrected chi connectivity index (χ4v) is 2.17. The Morgan fingerprint density at radius 3 is 3.06 bits per heavy atom. The second-order valence-corrected chi connectivity index (χ2v) is 4.45. The summed E-state index contributed by atoms with van der Waals surface area (Å²) in [5.74, 6) is -0.385. The number of likely N-dealkylation sites (tertiary alicyclic amines) is 1. The largest absolute Gasteiger partial charge is 0.464 e. The van der Waals surface area contributed by atoms with Crippen LogP contribution in [-0.2, 0) is 18.3 Å². The van der Waals surface area contributed by atoms with Crippen molar-refractivity contribution in [2.75, 3.05) is 20.2 Å². The zero-order valence-electron chi connectivity index (χ0n) is 10.2. The molecule has 0 saturated carbocycles. The fraction of sp³-hybridized carbons (Fsp3) is 0.636. The highest BCUT2D eigenvalue weighted by atomic mass is 16.5. The molecule has 1 fully saturated rings. The van der Waals surface area contributed by atoms with Crippen LogP contribution in [0.1, 0.15) is 22.5 Å². The molecule has 1 unspecified atom stereocenters. The summed E-state index contributed by atoms with van der Waals surface area (Å²) in [5, 5.41) is 4.13. The van der Waals surface area contributed by atoms with Crippen LogP contribution in [-0.4, -0.2) is 46.9 Å². The van der Waals surface area contributed by atoms with Crippen LogP contribution in [0.2, 0.25) is 0 Å². The molecule has 1 atom stereocenters. The summed E-state index contributed by atoms with van der Waals surface area (Å²) >= 11 is 0. The van der Waals surface area contributed by atoms with E-state index >= 15 is 0 Å². The minimum Gasteiger partial charge on any atom is -0.464 e. The normalized spacial score (nSPS) is 20.8. The van der Waals surface area contributed by atoms with Gasteiger partial charge in [0.15, 0.2) is 5.69 Å². The van der Waals surface area contributed by atoms with Crippen molar-refractivity contribution >= 4 is 5.97 Å². The molecule has 0 aliphatic carbocycles. The van der Waals surface area contributed by atoms with E-state index in [1.165, 1.54) is 7.11 Å². The lowest BCUT2D eigenvalue weighted by molar-refractivity contribution is 0.0591. The third-order valence-electron chi connectivity index (χ3n) is 2.99. The maximum atomic E-state index is 11.5. The van der Waals surface area contributed by atoms with Crippen LogP contribution in [0.25, 0.3) is 0 Å². The molecule has 1 aromatic heterocycles. The SMILES string of the molecule is COC(=O)c1nn(C)cc1CN1CCC(N)C1. The Hall–Kier alpha value is -1.40. The van der Waals surface area contributed by atoms with Crippen LogP contribution >= 0.6 is 0 Å². The highest BCUT2D eigenvalue weighted by Gasteiger charge is 2.23. The molecule has 0 radical (unpaired) electrons. The topological polar surface area (TPSA) is 73.4 Å². The van der Waals surface area contributed by atoms with Gasteiger partial charge < -0.3 is 10.5 Å². The van der Waals surface area contributed by atoms with E-state index in [1.54, 1.807) is 11.7 Å². The van der Waals surface area contributed by atoms with Crippen molar-refractivity contribution in [3.8, 4) is 0 Å². The Kier molecular flexibility index (Phi) is 3.44. The van der Waals surface area contributed by atoms with E-state index in [2.05, 4.69) is 10.00 Å². The number of carbonyl (C=O) groups excluding carboxylic acids is 1. The van der Waals surface area contributed by atoms with Gasteiger partial charge in [-0.15, -0.1) is 0 Å². The minimum atomic E-state index is -0.385. The zero-order valence-corrected chi connectivity index (χ0v) is 10.2. The maximum Gasteiger partial charge on any atom is 0.358 e. The monoisotopic (exact) mass is 238 g/mol. The summed E-state index contributed by atoms with van der Waals surface area (Å²) in [6.45, 7) is 2.54. The number of esters is 1. The Morgan fingerprint density at radius 2 is 2.47 bits per heavy atom. The van der Waals surface area contributed by atoms with Crippen LogP contribution in [0, 0.1) is 0 Å².